The lowest BCUT2D eigenvalue weighted by atomic mass is 10.0. The van der Waals surface area contributed by atoms with Crippen LogP contribution in [0.5, 0.6) is 5.75 Å². The molecule has 0 aliphatic rings. The van der Waals surface area contributed by atoms with Gasteiger partial charge in [-0.1, -0.05) is 6.07 Å². The average Bonchev–Trinajstić information content (AvgIpc) is 2.30. The Bertz CT molecular complexity index is 514. The van der Waals surface area contributed by atoms with Crippen molar-refractivity contribution in [1.29, 1.82) is 0 Å². The number of methoxy groups -OCH3 is 1. The first-order valence-corrected chi connectivity index (χ1v) is 4.99. The molecule has 0 aliphatic heterocycles. The highest BCUT2D eigenvalue weighted by Gasteiger charge is 2.12. The first kappa shape index (κ1) is 10.8. The number of fused-ring (bicyclic) bond motifs is 1. The molecule has 16 heavy (non-hydrogen) atoms. The van der Waals surface area contributed by atoms with Crippen LogP contribution in [0, 0.1) is 5.82 Å². The molecule has 1 aromatic heterocycles. The summed E-state index contributed by atoms with van der Waals surface area (Å²) in [6, 6.07) is 5.01. The Kier molecular flexibility index (Phi) is 3.01. The molecule has 0 radical (unpaired) electrons. The largest absolute Gasteiger partial charge is 0.491 e. The second kappa shape index (κ2) is 4.45. The van der Waals surface area contributed by atoms with E-state index in [-0.39, 0.29) is 12.4 Å². The van der Waals surface area contributed by atoms with E-state index in [1.165, 1.54) is 13.2 Å². The van der Waals surface area contributed by atoms with Gasteiger partial charge in [-0.2, -0.15) is 0 Å². The third-order valence-electron chi connectivity index (χ3n) is 2.47. The van der Waals surface area contributed by atoms with Crippen LogP contribution in [-0.4, -0.2) is 23.8 Å². The van der Waals surface area contributed by atoms with Gasteiger partial charge in [0.25, 0.3) is 0 Å². The number of nitrogens with zero attached hydrogens (tertiary/aromatic N) is 1. The van der Waals surface area contributed by atoms with Crippen LogP contribution < -0.4 is 4.74 Å². The van der Waals surface area contributed by atoms with E-state index in [0.717, 1.165) is 10.9 Å². The Hall–Kier alpha value is -1.68. The molecule has 0 bridgehead atoms. The number of ether oxygens (including phenoxy) is 1. The Morgan fingerprint density at radius 2 is 2.31 bits per heavy atom. The molecule has 0 atom stereocenters. The maximum atomic E-state index is 13.7. The maximum absolute atomic E-state index is 13.7. The molecule has 4 heteroatoms. The molecule has 2 rings (SSSR count). The number of halogens is 1. The van der Waals surface area contributed by atoms with Gasteiger partial charge in [0, 0.05) is 18.2 Å². The van der Waals surface area contributed by atoms with Crippen molar-refractivity contribution in [3.63, 3.8) is 0 Å². The van der Waals surface area contributed by atoms with E-state index < -0.39 is 5.82 Å². The Morgan fingerprint density at radius 1 is 1.50 bits per heavy atom. The Morgan fingerprint density at radius 3 is 3.00 bits per heavy atom. The Balaban J connectivity index is 2.75. The van der Waals surface area contributed by atoms with Crippen LogP contribution in [0.1, 0.15) is 5.56 Å². The third kappa shape index (κ3) is 1.72. The molecule has 0 saturated carbocycles. The zero-order valence-electron chi connectivity index (χ0n) is 8.90. The molecule has 3 nitrogen and oxygen atoms in total. The monoisotopic (exact) mass is 221 g/mol. The molecule has 2 aromatic rings. The molecule has 0 unspecified atom stereocenters. The second-order valence-corrected chi connectivity index (χ2v) is 3.42. The lowest BCUT2D eigenvalue weighted by Gasteiger charge is -2.09. The molecule has 0 spiro atoms. The molecule has 0 saturated heterocycles. The molecule has 84 valence electrons. The molecule has 1 N–H and O–H groups in total. The minimum absolute atomic E-state index is 0.0181. The summed E-state index contributed by atoms with van der Waals surface area (Å²) in [5, 5.41) is 9.74. The predicted octanol–water partition coefficient (Wildman–Crippen LogP) is 1.92. The van der Waals surface area contributed by atoms with Crippen LogP contribution in [-0.2, 0) is 6.42 Å². The van der Waals surface area contributed by atoms with E-state index in [0.29, 0.717) is 11.9 Å². The minimum atomic E-state index is -0.447. The van der Waals surface area contributed by atoms with Crippen LogP contribution in [0.4, 0.5) is 4.39 Å². The van der Waals surface area contributed by atoms with Crippen molar-refractivity contribution in [2.24, 2.45) is 0 Å². The number of pyridine rings is 1. The average molecular weight is 221 g/mol. The van der Waals surface area contributed by atoms with E-state index in [1.54, 1.807) is 12.3 Å². The number of hydrogen-bond donors (Lipinski definition) is 1. The van der Waals surface area contributed by atoms with E-state index in [9.17, 15) is 4.39 Å². The topological polar surface area (TPSA) is 42.4 Å². The quantitative estimate of drug-likeness (QED) is 0.861. The molecule has 0 amide bonds. The fraction of sp³-hybridized carbons (Fsp3) is 0.250. The molecule has 1 heterocycles. The molecule has 0 fully saturated rings. The van der Waals surface area contributed by atoms with Gasteiger partial charge in [0.1, 0.15) is 5.52 Å². The van der Waals surface area contributed by atoms with Crippen LogP contribution in [0.25, 0.3) is 10.9 Å². The van der Waals surface area contributed by atoms with Gasteiger partial charge in [-0.25, -0.2) is 4.39 Å². The van der Waals surface area contributed by atoms with Gasteiger partial charge in [0.05, 0.1) is 7.11 Å². The van der Waals surface area contributed by atoms with Gasteiger partial charge in [-0.15, -0.1) is 0 Å². The highest BCUT2D eigenvalue weighted by Crippen LogP contribution is 2.29. The number of aromatic nitrogens is 1. The summed E-state index contributed by atoms with van der Waals surface area (Å²) in [4.78, 5) is 4.11. The summed E-state index contributed by atoms with van der Waals surface area (Å²) in [6.07, 6.45) is 2.00. The van der Waals surface area contributed by atoms with Crippen LogP contribution in [0.3, 0.4) is 0 Å². The summed E-state index contributed by atoms with van der Waals surface area (Å²) in [6.45, 7) is -0.0181. The van der Waals surface area contributed by atoms with Crippen molar-refractivity contribution in [3.05, 3.63) is 35.8 Å². The first-order valence-electron chi connectivity index (χ1n) is 4.99. The van der Waals surface area contributed by atoms with Crippen LogP contribution in [0.15, 0.2) is 24.4 Å². The van der Waals surface area contributed by atoms with Gasteiger partial charge in [-0.05, 0) is 24.1 Å². The maximum Gasteiger partial charge on any atom is 0.180 e. The summed E-state index contributed by atoms with van der Waals surface area (Å²) >= 11 is 0. The summed E-state index contributed by atoms with van der Waals surface area (Å²) < 4.78 is 18.6. The third-order valence-corrected chi connectivity index (χ3v) is 2.47. The zero-order valence-corrected chi connectivity index (χ0v) is 8.90. The number of rotatable bonds is 3. The molecule has 0 aliphatic carbocycles. The van der Waals surface area contributed by atoms with E-state index in [1.807, 2.05) is 6.07 Å². The number of aliphatic hydroxyl groups is 1. The standard InChI is InChI=1S/C12H12FNO2/c1-16-12-10(13)7-8(4-6-15)9-3-2-5-14-11(9)12/h2-3,5,7,15H,4,6H2,1H3. The SMILES string of the molecule is COc1c(F)cc(CCO)c2cccnc12. The van der Waals surface area contributed by atoms with Crippen molar-refractivity contribution >= 4 is 10.9 Å². The van der Waals surface area contributed by atoms with Crippen molar-refractivity contribution in [1.82, 2.24) is 4.98 Å². The fourth-order valence-corrected chi connectivity index (χ4v) is 1.78. The van der Waals surface area contributed by atoms with E-state index in [2.05, 4.69) is 4.98 Å². The lowest BCUT2D eigenvalue weighted by Crippen LogP contribution is -1.98. The van der Waals surface area contributed by atoms with E-state index in [4.69, 9.17) is 9.84 Å². The fourth-order valence-electron chi connectivity index (χ4n) is 1.78. The second-order valence-electron chi connectivity index (χ2n) is 3.42. The number of aliphatic hydroxyl groups excluding tert-OH is 1. The van der Waals surface area contributed by atoms with Gasteiger partial charge in [0.2, 0.25) is 0 Å². The number of benzene rings is 1. The van der Waals surface area contributed by atoms with Gasteiger partial charge in [0.15, 0.2) is 11.6 Å². The van der Waals surface area contributed by atoms with Crippen molar-refractivity contribution in [2.75, 3.05) is 13.7 Å². The highest BCUT2D eigenvalue weighted by atomic mass is 19.1. The smallest absolute Gasteiger partial charge is 0.180 e. The first-order chi connectivity index (χ1) is 7.77. The van der Waals surface area contributed by atoms with Crippen LogP contribution in [0.2, 0.25) is 0 Å². The van der Waals surface area contributed by atoms with Gasteiger partial charge < -0.3 is 9.84 Å². The predicted molar refractivity (Wildman–Crippen MR) is 59.0 cm³/mol. The van der Waals surface area contributed by atoms with Crippen molar-refractivity contribution in [2.45, 2.75) is 6.42 Å². The molecular weight excluding hydrogens is 209 g/mol. The van der Waals surface area contributed by atoms with Gasteiger partial charge in [-0.3, -0.25) is 4.98 Å². The summed E-state index contributed by atoms with van der Waals surface area (Å²) in [5.41, 5.74) is 1.23. The van der Waals surface area contributed by atoms with Gasteiger partial charge >= 0.3 is 0 Å². The Labute approximate surface area is 92.5 Å². The normalized spacial score (nSPS) is 10.7. The zero-order chi connectivity index (χ0) is 11.5. The molecule has 1 aromatic carbocycles. The lowest BCUT2D eigenvalue weighted by molar-refractivity contribution is 0.299. The molecular formula is C12H12FNO2. The van der Waals surface area contributed by atoms with Crippen molar-refractivity contribution in [3.8, 4) is 5.75 Å². The summed E-state index contributed by atoms with van der Waals surface area (Å²) in [7, 11) is 1.41. The highest BCUT2D eigenvalue weighted by molar-refractivity contribution is 5.87. The van der Waals surface area contributed by atoms with E-state index >= 15 is 0 Å². The van der Waals surface area contributed by atoms with Crippen LogP contribution >= 0.6 is 0 Å². The number of hydrogen-bond acceptors (Lipinski definition) is 3. The van der Waals surface area contributed by atoms with Crippen molar-refractivity contribution < 1.29 is 14.2 Å². The minimum Gasteiger partial charge on any atom is -0.491 e. The summed E-state index contributed by atoms with van der Waals surface area (Å²) in [5.74, 6) is -0.297.